The van der Waals surface area contributed by atoms with E-state index in [1.807, 2.05) is 22.5 Å². The Hall–Kier alpha value is -6.82. The minimum atomic E-state index is -0.840. The topological polar surface area (TPSA) is 163 Å². The van der Waals surface area contributed by atoms with Crippen LogP contribution in [0.2, 0.25) is 0 Å². The number of carbonyl (C=O) groups excluding carboxylic acids is 1. The molecule has 3 fully saturated rings. The quantitative estimate of drug-likeness (QED) is 0.174. The van der Waals surface area contributed by atoms with Crippen molar-refractivity contribution in [3.05, 3.63) is 110 Å². The molecule has 1 saturated carbocycles. The van der Waals surface area contributed by atoms with E-state index >= 15 is 13.6 Å². The van der Waals surface area contributed by atoms with Crippen molar-refractivity contribution in [2.24, 2.45) is 18.0 Å². The Morgan fingerprint density at radius 2 is 1.76 bits per heavy atom. The van der Waals surface area contributed by atoms with E-state index in [-0.39, 0.29) is 60.1 Å². The molecule has 18 heteroatoms. The number of ether oxygens (including phenoxy) is 3. The number of benzene rings is 3. The highest BCUT2D eigenvalue weighted by Crippen LogP contribution is 2.56. The van der Waals surface area contributed by atoms with E-state index in [2.05, 4.69) is 54.2 Å². The first-order valence-corrected chi connectivity index (χ1v) is 23.0. The zero-order valence-electron chi connectivity index (χ0n) is 38.3. The van der Waals surface area contributed by atoms with Gasteiger partial charge >= 0.3 is 5.76 Å². The van der Waals surface area contributed by atoms with Crippen molar-refractivity contribution in [2.75, 3.05) is 31.3 Å². The zero-order chi connectivity index (χ0) is 46.4. The van der Waals surface area contributed by atoms with Crippen LogP contribution in [-0.2, 0) is 28.5 Å². The van der Waals surface area contributed by atoms with E-state index in [0.29, 0.717) is 88.1 Å². The van der Waals surface area contributed by atoms with E-state index in [9.17, 15) is 4.79 Å². The number of aliphatic imine (C=N–C) groups is 1. The van der Waals surface area contributed by atoms with Crippen LogP contribution in [0.4, 0.5) is 20.3 Å². The van der Waals surface area contributed by atoms with Crippen molar-refractivity contribution in [1.82, 2.24) is 39.2 Å². The number of carbonyl (C=O) groups is 1. The highest BCUT2D eigenvalue weighted by molar-refractivity contribution is 6.02. The third kappa shape index (κ3) is 6.23. The van der Waals surface area contributed by atoms with Crippen molar-refractivity contribution < 1.29 is 32.3 Å². The maximum absolute atomic E-state index is 16.6. The molecule has 8 heterocycles. The lowest BCUT2D eigenvalue weighted by Crippen LogP contribution is -2.42. The molecular weight excluding hydrogens is 863 g/mol. The zero-order valence-corrected chi connectivity index (χ0v) is 38.3. The molecule has 0 bridgehead atoms. The molecule has 67 heavy (non-hydrogen) atoms. The Labute approximate surface area is 383 Å². The van der Waals surface area contributed by atoms with E-state index in [4.69, 9.17) is 28.8 Å². The molecule has 16 nitrogen and oxygen atoms in total. The summed E-state index contributed by atoms with van der Waals surface area (Å²) in [6, 6.07) is 12.8. The Morgan fingerprint density at radius 3 is 2.49 bits per heavy atom. The van der Waals surface area contributed by atoms with Gasteiger partial charge in [-0.15, -0.1) is 0 Å². The lowest BCUT2D eigenvalue weighted by atomic mass is 9.83. The minimum Gasteiger partial charge on any atom is -0.489 e. The van der Waals surface area contributed by atoms with Crippen LogP contribution < -0.4 is 15.4 Å². The lowest BCUT2D eigenvalue weighted by molar-refractivity contribution is -0.0592. The molecule has 2 saturated heterocycles. The fourth-order valence-corrected chi connectivity index (χ4v) is 11.4. The summed E-state index contributed by atoms with van der Waals surface area (Å²) in [5.74, 6) is -0.355. The van der Waals surface area contributed by atoms with Crippen LogP contribution in [0.3, 0.4) is 0 Å². The number of aromatic nitrogens is 7. The second-order valence-electron chi connectivity index (χ2n) is 19.6. The molecule has 0 radical (unpaired) electrons. The number of nitrogens with one attached hydrogen (secondary N) is 1. The van der Waals surface area contributed by atoms with Crippen LogP contribution in [0.5, 0.6) is 5.75 Å². The van der Waals surface area contributed by atoms with Crippen LogP contribution in [-0.4, -0.2) is 89.1 Å². The molecule has 5 atom stereocenters. The standard InChI is InChI=1S/C49H50F2N10O6/c1-24-14-31(15-25(2)40(24)50)61-43(53-46-59-32(23-65-46)22-64-38-18-36-33(21-52-57(36)7)41(51)42(38)59)39-27(4)58(12-10-34(39)55-61)44(62)37-17-30-16-28(29-11-13-66-48(5,6)20-29)8-9-35(30)60(37)49(19-26(49)3)45-54-47(63)67-56-45/h8-9,14-18,21,26-27,29,32H,10-13,19-20,22-23H2,1-7H3,(H,54,56,63)/b53-46-/t26-,27-,29-,32+,49-/m0/s1. The number of aryl methyl sites for hydroxylation is 3. The van der Waals surface area contributed by atoms with Gasteiger partial charge in [-0.3, -0.25) is 23.9 Å². The highest BCUT2D eigenvalue weighted by Gasteiger charge is 2.59. The summed E-state index contributed by atoms with van der Waals surface area (Å²) in [5.41, 5.74) is 4.97. The second-order valence-corrected chi connectivity index (χ2v) is 19.6. The van der Waals surface area contributed by atoms with Crippen molar-refractivity contribution in [3.63, 3.8) is 0 Å². The molecule has 0 spiro atoms. The lowest BCUT2D eigenvalue weighted by Gasteiger charge is -2.35. The van der Waals surface area contributed by atoms with E-state index in [1.54, 1.807) is 53.4 Å². The average Bonchev–Trinajstić information content (AvgIpc) is 3.94. The minimum absolute atomic E-state index is 0.0136. The van der Waals surface area contributed by atoms with Gasteiger partial charge < -0.3 is 23.7 Å². The first kappa shape index (κ1) is 41.6. The Balaban J connectivity index is 0.996. The van der Waals surface area contributed by atoms with Gasteiger partial charge in [-0.1, -0.05) is 18.1 Å². The Morgan fingerprint density at radius 1 is 0.985 bits per heavy atom. The maximum atomic E-state index is 16.6. The van der Waals surface area contributed by atoms with Gasteiger partial charge in [0, 0.05) is 49.2 Å². The van der Waals surface area contributed by atoms with Crippen LogP contribution in [0, 0.1) is 31.4 Å². The molecule has 7 aromatic rings. The van der Waals surface area contributed by atoms with Gasteiger partial charge in [0.15, 0.2) is 17.5 Å². The number of hydrogen-bond donors (Lipinski definition) is 1. The number of fused-ring (bicyclic) bond motifs is 6. The number of amidine groups is 1. The fourth-order valence-electron chi connectivity index (χ4n) is 11.4. The van der Waals surface area contributed by atoms with Gasteiger partial charge in [-0.05, 0) is 113 Å². The average molecular weight is 913 g/mol. The summed E-state index contributed by atoms with van der Waals surface area (Å²) in [7, 11) is 1.75. The number of amides is 1. The first-order valence-electron chi connectivity index (χ1n) is 23.0. The third-order valence-electron chi connectivity index (χ3n) is 14.9. The second kappa shape index (κ2) is 14.6. The normalized spacial score (nSPS) is 24.8. The third-order valence-corrected chi connectivity index (χ3v) is 14.9. The van der Waals surface area contributed by atoms with Gasteiger partial charge in [0.2, 0.25) is 0 Å². The fraction of sp³-hybridized carbons (Fsp3) is 0.429. The number of anilines is 1. The maximum Gasteiger partial charge on any atom is 0.438 e. The largest absolute Gasteiger partial charge is 0.489 e. The summed E-state index contributed by atoms with van der Waals surface area (Å²) in [4.78, 5) is 39.7. The van der Waals surface area contributed by atoms with Crippen LogP contribution in [0.15, 0.2) is 63.0 Å². The van der Waals surface area contributed by atoms with Crippen LogP contribution >= 0.6 is 0 Å². The van der Waals surface area contributed by atoms with E-state index in [1.165, 1.54) is 11.8 Å². The molecule has 1 amide bonds. The van der Waals surface area contributed by atoms with Crippen molar-refractivity contribution in [3.8, 4) is 11.4 Å². The summed E-state index contributed by atoms with van der Waals surface area (Å²) < 4.78 is 60.7. The summed E-state index contributed by atoms with van der Waals surface area (Å²) in [6.07, 6.45) is 4.25. The molecule has 4 aromatic heterocycles. The van der Waals surface area contributed by atoms with Crippen LogP contribution in [0.25, 0.3) is 27.5 Å². The van der Waals surface area contributed by atoms with Gasteiger partial charge in [0.1, 0.15) is 47.7 Å². The summed E-state index contributed by atoms with van der Waals surface area (Å²) in [5, 5.41) is 14.8. The molecule has 0 unspecified atom stereocenters. The summed E-state index contributed by atoms with van der Waals surface area (Å²) >= 11 is 0. The molecule has 1 aliphatic carbocycles. The molecular formula is C49H50F2N10O6. The Kier molecular flexibility index (Phi) is 9.06. The molecule has 3 aromatic carbocycles. The van der Waals surface area contributed by atoms with Crippen LogP contribution in [0.1, 0.15) is 103 Å². The first-order chi connectivity index (χ1) is 32.1. The van der Waals surface area contributed by atoms with Crippen molar-refractivity contribution >= 4 is 45.2 Å². The molecule has 4 aliphatic heterocycles. The highest BCUT2D eigenvalue weighted by atomic mass is 19.1. The molecule has 346 valence electrons. The predicted molar refractivity (Wildman–Crippen MR) is 244 cm³/mol. The van der Waals surface area contributed by atoms with E-state index in [0.717, 1.165) is 23.7 Å². The molecule has 5 aliphatic rings. The van der Waals surface area contributed by atoms with Crippen molar-refractivity contribution in [1.29, 1.82) is 0 Å². The van der Waals surface area contributed by atoms with Crippen molar-refractivity contribution in [2.45, 2.75) is 96.4 Å². The predicted octanol–water partition coefficient (Wildman–Crippen LogP) is 7.79. The summed E-state index contributed by atoms with van der Waals surface area (Å²) in [6.45, 7) is 13.1. The number of halogens is 2. The van der Waals surface area contributed by atoms with Gasteiger partial charge in [-0.2, -0.15) is 15.2 Å². The number of rotatable bonds is 6. The number of H-pyrrole nitrogens is 1. The van der Waals surface area contributed by atoms with Gasteiger partial charge in [0.25, 0.3) is 11.9 Å². The number of aromatic amines is 1. The van der Waals surface area contributed by atoms with E-state index < -0.39 is 23.2 Å². The molecule has 1 N–H and O–H groups in total. The number of nitrogens with zero attached hydrogens (tertiary/aromatic N) is 9. The number of hydrogen-bond acceptors (Lipinski definition) is 10. The molecule has 12 rings (SSSR count). The van der Waals surface area contributed by atoms with Gasteiger partial charge in [0.05, 0.1) is 40.1 Å². The SMILES string of the molecule is Cc1cc(-n2nc3c(c2/N=C2\OC[C@H]4COc5cc6c(cnn6C)c(F)c5N24)[C@H](C)N(C(=O)c2cc4cc([C@H]5CCOC(C)(C)C5)ccc4n2[C@@]2(c4noc(=O)[nH]4)C[C@@H]2C)CC3)cc(C)c1F. The smallest absolute Gasteiger partial charge is 0.438 e. The Bertz CT molecular complexity index is 3300. The monoisotopic (exact) mass is 912 g/mol. The van der Waals surface area contributed by atoms with Gasteiger partial charge in [-0.25, -0.2) is 18.3 Å².